The number of carbonyl (C=O) groups is 1. The molecule has 0 unspecified atom stereocenters. The Morgan fingerprint density at radius 3 is 2.80 bits per heavy atom. The minimum Gasteiger partial charge on any atom is -0.472 e. The van der Waals surface area contributed by atoms with E-state index in [4.69, 9.17) is 4.74 Å². The smallest absolute Gasteiger partial charge is 0.333 e. The number of benzene rings is 2. The van der Waals surface area contributed by atoms with Gasteiger partial charge in [0.05, 0.1) is 39.2 Å². The largest absolute Gasteiger partial charge is 0.472 e. The van der Waals surface area contributed by atoms with Gasteiger partial charge in [0.15, 0.2) is 6.61 Å². The number of carbonyl (C=O) groups excluding carboxylic acids is 1. The van der Waals surface area contributed by atoms with Crippen molar-refractivity contribution in [1.82, 2.24) is 19.7 Å². The van der Waals surface area contributed by atoms with E-state index >= 15 is 0 Å². The predicted octanol–water partition coefficient (Wildman–Crippen LogP) is 5.50. The Hall–Kier alpha value is -4.12. The maximum atomic E-state index is 13.9. The van der Waals surface area contributed by atoms with Crippen molar-refractivity contribution in [3.63, 3.8) is 0 Å². The molecular weight excluding hydrogens is 474 g/mol. The van der Waals surface area contributed by atoms with Crippen molar-refractivity contribution in [3.8, 4) is 5.88 Å². The molecule has 11 heteroatoms. The molecule has 0 saturated carbocycles. The van der Waals surface area contributed by atoms with Crippen LogP contribution in [-0.4, -0.2) is 38.8 Å². The summed E-state index contributed by atoms with van der Waals surface area (Å²) in [6, 6.07) is 12.5. The standard InChI is InChI=1S/C24H18F2N6O2S/c1-30-10-14-6-16(2-4-18(14)29-30)31-11-15-9-27-23(34-12-22(25)26)8-20(15)32(24(31)33)17-3-5-21-19(7-17)28-13-35-21/h2-10,13,22H,11-12H2,1H3. The number of urea groups is 1. The first-order chi connectivity index (χ1) is 17.0. The van der Waals surface area contributed by atoms with E-state index in [0.717, 1.165) is 26.7 Å². The lowest BCUT2D eigenvalue weighted by Crippen LogP contribution is -2.45. The lowest BCUT2D eigenvalue weighted by molar-refractivity contribution is 0.0796. The first kappa shape index (κ1) is 21.4. The van der Waals surface area contributed by atoms with Gasteiger partial charge < -0.3 is 4.74 Å². The van der Waals surface area contributed by atoms with Crippen molar-refractivity contribution < 1.29 is 18.3 Å². The number of amides is 2. The molecule has 0 N–H and O–H groups in total. The number of rotatable bonds is 5. The van der Waals surface area contributed by atoms with Crippen LogP contribution in [0.5, 0.6) is 5.88 Å². The van der Waals surface area contributed by atoms with Gasteiger partial charge in [-0.25, -0.2) is 23.5 Å². The number of aryl methyl sites for hydroxylation is 1. The monoisotopic (exact) mass is 492 g/mol. The summed E-state index contributed by atoms with van der Waals surface area (Å²) in [4.78, 5) is 25.7. The van der Waals surface area contributed by atoms with Crippen LogP contribution in [0.3, 0.4) is 0 Å². The van der Waals surface area contributed by atoms with Gasteiger partial charge in [-0.3, -0.25) is 14.5 Å². The van der Waals surface area contributed by atoms with Crippen molar-refractivity contribution in [2.45, 2.75) is 13.0 Å². The molecule has 0 aliphatic carbocycles. The second-order valence-electron chi connectivity index (χ2n) is 8.11. The van der Waals surface area contributed by atoms with Gasteiger partial charge in [0.1, 0.15) is 0 Å². The highest BCUT2D eigenvalue weighted by molar-refractivity contribution is 7.16. The van der Waals surface area contributed by atoms with Gasteiger partial charge in [0, 0.05) is 42.1 Å². The third-order valence-corrected chi connectivity index (χ3v) is 6.58. The summed E-state index contributed by atoms with van der Waals surface area (Å²) in [5.74, 6) is 0.0295. The second-order valence-corrected chi connectivity index (χ2v) is 8.99. The van der Waals surface area contributed by atoms with E-state index in [1.54, 1.807) is 26.2 Å². The van der Waals surface area contributed by atoms with Crippen LogP contribution in [-0.2, 0) is 13.6 Å². The zero-order valence-corrected chi connectivity index (χ0v) is 19.2. The highest BCUT2D eigenvalue weighted by Crippen LogP contribution is 2.39. The number of ether oxygens (including phenoxy) is 1. The van der Waals surface area contributed by atoms with Crippen molar-refractivity contribution in [3.05, 3.63) is 65.9 Å². The molecule has 3 aromatic heterocycles. The highest BCUT2D eigenvalue weighted by atomic mass is 32.1. The average molecular weight is 493 g/mol. The van der Waals surface area contributed by atoms with E-state index in [0.29, 0.717) is 17.1 Å². The van der Waals surface area contributed by atoms with Crippen LogP contribution >= 0.6 is 11.3 Å². The molecule has 8 nitrogen and oxygen atoms in total. The van der Waals surface area contributed by atoms with Crippen LogP contribution in [0.1, 0.15) is 5.56 Å². The van der Waals surface area contributed by atoms with Crippen LogP contribution < -0.4 is 14.5 Å². The summed E-state index contributed by atoms with van der Waals surface area (Å²) in [7, 11) is 1.84. The number of aromatic nitrogens is 4. The molecule has 2 aromatic carbocycles. The minimum absolute atomic E-state index is 0.0295. The lowest BCUT2D eigenvalue weighted by atomic mass is 10.1. The molecule has 0 spiro atoms. The fourth-order valence-electron chi connectivity index (χ4n) is 4.21. The first-order valence-corrected chi connectivity index (χ1v) is 11.6. The van der Waals surface area contributed by atoms with E-state index in [-0.39, 0.29) is 18.5 Å². The van der Waals surface area contributed by atoms with Crippen LogP contribution in [0.4, 0.5) is 30.6 Å². The van der Waals surface area contributed by atoms with Gasteiger partial charge >= 0.3 is 6.03 Å². The molecule has 1 aliphatic rings. The quantitative estimate of drug-likeness (QED) is 0.324. The van der Waals surface area contributed by atoms with Crippen LogP contribution in [0, 0.1) is 0 Å². The van der Waals surface area contributed by atoms with Crippen LogP contribution in [0.2, 0.25) is 0 Å². The van der Waals surface area contributed by atoms with Gasteiger partial charge in [-0.2, -0.15) is 5.10 Å². The van der Waals surface area contributed by atoms with E-state index in [1.165, 1.54) is 17.4 Å². The zero-order valence-electron chi connectivity index (χ0n) is 18.4. The highest BCUT2D eigenvalue weighted by Gasteiger charge is 2.34. The molecule has 0 saturated heterocycles. The average Bonchev–Trinajstić information content (AvgIpc) is 3.46. The fourth-order valence-corrected chi connectivity index (χ4v) is 4.87. The SMILES string of the molecule is Cn1cc2cc(N3Cc4cnc(OCC(F)F)cc4N(c4ccc5scnc5c4)C3=O)ccc2n1. The number of anilines is 3. The van der Waals surface area contributed by atoms with Crippen LogP contribution in [0.25, 0.3) is 21.1 Å². The Morgan fingerprint density at radius 2 is 1.94 bits per heavy atom. The molecule has 6 rings (SSSR count). The topological polar surface area (TPSA) is 76.4 Å². The summed E-state index contributed by atoms with van der Waals surface area (Å²) in [6.45, 7) is -0.515. The molecular formula is C24H18F2N6O2S. The Kier molecular flexibility index (Phi) is 5.06. The Balaban J connectivity index is 1.46. The third-order valence-electron chi connectivity index (χ3n) is 5.77. The molecule has 0 radical (unpaired) electrons. The first-order valence-electron chi connectivity index (χ1n) is 10.7. The van der Waals surface area contributed by atoms with Gasteiger partial charge in [-0.1, -0.05) is 0 Å². The maximum Gasteiger partial charge on any atom is 0.333 e. The van der Waals surface area contributed by atoms with Crippen LogP contribution in [0.15, 0.2) is 60.4 Å². The molecule has 0 fully saturated rings. The summed E-state index contributed by atoms with van der Waals surface area (Å²) >= 11 is 1.51. The second kappa shape index (κ2) is 8.27. The van der Waals surface area contributed by atoms with E-state index in [9.17, 15) is 13.6 Å². The molecule has 4 heterocycles. The van der Waals surface area contributed by atoms with E-state index in [1.807, 2.05) is 49.6 Å². The number of thiazole rings is 1. The lowest BCUT2D eigenvalue weighted by Gasteiger charge is -2.37. The van der Waals surface area contributed by atoms with Crippen molar-refractivity contribution >= 4 is 55.5 Å². The van der Waals surface area contributed by atoms with Gasteiger partial charge in [0.25, 0.3) is 6.43 Å². The Labute approximate surface area is 202 Å². The summed E-state index contributed by atoms with van der Waals surface area (Å²) in [6.07, 6.45) is 0.825. The Bertz CT molecular complexity index is 1580. The minimum atomic E-state index is -2.63. The van der Waals surface area contributed by atoms with Crippen molar-refractivity contribution in [2.24, 2.45) is 7.05 Å². The predicted molar refractivity (Wildman–Crippen MR) is 130 cm³/mol. The number of pyridine rings is 1. The van der Waals surface area contributed by atoms with Gasteiger partial charge in [-0.15, -0.1) is 11.3 Å². The molecule has 176 valence electrons. The number of hydrogen-bond donors (Lipinski definition) is 0. The molecule has 1 aliphatic heterocycles. The Morgan fingerprint density at radius 1 is 1.09 bits per heavy atom. The molecule has 5 aromatic rings. The summed E-state index contributed by atoms with van der Waals surface area (Å²) < 4.78 is 33.3. The molecule has 0 atom stereocenters. The van der Waals surface area contributed by atoms with E-state index in [2.05, 4.69) is 15.1 Å². The summed E-state index contributed by atoms with van der Waals surface area (Å²) in [5, 5.41) is 5.31. The molecule has 35 heavy (non-hydrogen) atoms. The number of nitrogens with zero attached hydrogens (tertiary/aromatic N) is 6. The number of fused-ring (bicyclic) bond motifs is 3. The normalized spacial score (nSPS) is 13.8. The fraction of sp³-hybridized carbons (Fsp3) is 0.167. The van der Waals surface area contributed by atoms with Gasteiger partial charge in [-0.05, 0) is 36.4 Å². The zero-order chi connectivity index (χ0) is 24.1. The third kappa shape index (κ3) is 3.83. The molecule has 2 amide bonds. The summed E-state index contributed by atoms with van der Waals surface area (Å²) in [5.41, 5.74) is 5.93. The number of hydrogen-bond acceptors (Lipinski definition) is 6. The van der Waals surface area contributed by atoms with Gasteiger partial charge in [0.2, 0.25) is 5.88 Å². The van der Waals surface area contributed by atoms with E-state index < -0.39 is 13.0 Å². The molecule has 0 bridgehead atoms. The number of alkyl halides is 2. The van der Waals surface area contributed by atoms with Crippen molar-refractivity contribution in [2.75, 3.05) is 16.4 Å². The maximum absolute atomic E-state index is 13.9. The van der Waals surface area contributed by atoms with Crippen molar-refractivity contribution in [1.29, 1.82) is 0 Å². The number of halogens is 2.